The second-order valence-electron chi connectivity index (χ2n) is 15.3. The minimum atomic E-state index is -0.503. The zero-order valence-electron chi connectivity index (χ0n) is 34.1. The van der Waals surface area contributed by atoms with Crippen LogP contribution in [-0.4, -0.2) is 63.5 Å². The average molecular weight is 710 g/mol. The largest absolute Gasteiger partial charge is 0.446 e. The standard InChI is InChI=1S/C43H87N3O4/c1-5-7-9-11-13-15-17-19-21-23-25-27-29-31-33-35-37-44-42(47)49-40-41(39-46(3)4)50-43(48)45-38-36-34-32-30-28-26-24-22-20-18-16-14-12-10-8-6-2/h41H,5-40H2,1-4H3,(H,44,47)(H,45,48). The summed E-state index contributed by atoms with van der Waals surface area (Å²) in [5.41, 5.74) is 0. The normalized spacial score (nSPS) is 11.9. The van der Waals surface area contributed by atoms with Gasteiger partial charge in [-0.2, -0.15) is 0 Å². The van der Waals surface area contributed by atoms with E-state index in [-0.39, 0.29) is 6.61 Å². The van der Waals surface area contributed by atoms with Crippen LogP contribution in [-0.2, 0) is 9.47 Å². The third kappa shape index (κ3) is 39.3. The Balaban J connectivity index is 3.66. The first-order valence-electron chi connectivity index (χ1n) is 22.0. The van der Waals surface area contributed by atoms with E-state index in [1.54, 1.807) is 0 Å². The minimum absolute atomic E-state index is 0.0510. The van der Waals surface area contributed by atoms with E-state index in [1.807, 2.05) is 19.0 Å². The lowest BCUT2D eigenvalue weighted by atomic mass is 10.0. The lowest BCUT2D eigenvalue weighted by Gasteiger charge is -2.21. The molecule has 7 heteroatoms. The molecule has 0 saturated carbocycles. The number of nitrogens with one attached hydrogen (secondary N) is 2. The van der Waals surface area contributed by atoms with Crippen LogP contribution in [0.15, 0.2) is 0 Å². The van der Waals surface area contributed by atoms with E-state index in [4.69, 9.17) is 9.47 Å². The van der Waals surface area contributed by atoms with Crippen molar-refractivity contribution in [2.45, 2.75) is 225 Å². The Kier molecular flexibility index (Phi) is 39.1. The number of nitrogens with zero attached hydrogens (tertiary/aromatic N) is 1. The first-order chi connectivity index (χ1) is 24.5. The van der Waals surface area contributed by atoms with Gasteiger partial charge in [-0.05, 0) is 26.9 Å². The second-order valence-corrected chi connectivity index (χ2v) is 15.3. The van der Waals surface area contributed by atoms with Gasteiger partial charge in [-0.1, -0.05) is 206 Å². The van der Waals surface area contributed by atoms with E-state index >= 15 is 0 Å². The van der Waals surface area contributed by atoms with Crippen LogP contribution in [0.4, 0.5) is 9.59 Å². The van der Waals surface area contributed by atoms with E-state index in [2.05, 4.69) is 24.5 Å². The lowest BCUT2D eigenvalue weighted by molar-refractivity contribution is 0.0318. The van der Waals surface area contributed by atoms with Gasteiger partial charge in [0.15, 0.2) is 6.10 Å². The van der Waals surface area contributed by atoms with Gasteiger partial charge in [0.1, 0.15) is 6.61 Å². The maximum atomic E-state index is 12.4. The molecule has 0 heterocycles. The quantitative estimate of drug-likeness (QED) is 0.0621. The van der Waals surface area contributed by atoms with Crippen LogP contribution in [0.25, 0.3) is 0 Å². The minimum Gasteiger partial charge on any atom is -0.446 e. The summed E-state index contributed by atoms with van der Waals surface area (Å²) in [6.45, 7) is 6.35. The zero-order chi connectivity index (χ0) is 36.6. The van der Waals surface area contributed by atoms with E-state index in [9.17, 15) is 9.59 Å². The van der Waals surface area contributed by atoms with Crippen LogP contribution in [0.3, 0.4) is 0 Å². The molecule has 0 fully saturated rings. The lowest BCUT2D eigenvalue weighted by Crippen LogP contribution is -2.39. The third-order valence-corrected chi connectivity index (χ3v) is 9.84. The fourth-order valence-corrected chi connectivity index (χ4v) is 6.67. The molecule has 0 bridgehead atoms. The van der Waals surface area contributed by atoms with Crippen molar-refractivity contribution in [3.8, 4) is 0 Å². The van der Waals surface area contributed by atoms with Crippen LogP contribution in [0.5, 0.6) is 0 Å². The molecule has 0 aliphatic carbocycles. The number of carbonyl (C=O) groups is 2. The van der Waals surface area contributed by atoms with Crippen molar-refractivity contribution in [3.63, 3.8) is 0 Å². The van der Waals surface area contributed by atoms with Crippen molar-refractivity contribution in [1.82, 2.24) is 15.5 Å². The van der Waals surface area contributed by atoms with Gasteiger partial charge >= 0.3 is 12.2 Å². The highest BCUT2D eigenvalue weighted by Gasteiger charge is 2.18. The van der Waals surface area contributed by atoms with Crippen molar-refractivity contribution >= 4 is 12.2 Å². The molecule has 298 valence electrons. The summed E-state index contributed by atoms with van der Waals surface area (Å²) in [6, 6.07) is 0. The molecule has 0 aromatic rings. The summed E-state index contributed by atoms with van der Waals surface area (Å²) in [7, 11) is 3.84. The van der Waals surface area contributed by atoms with Crippen molar-refractivity contribution in [1.29, 1.82) is 0 Å². The highest BCUT2D eigenvalue weighted by Crippen LogP contribution is 2.15. The number of amides is 2. The third-order valence-electron chi connectivity index (χ3n) is 9.84. The predicted molar refractivity (Wildman–Crippen MR) is 215 cm³/mol. The van der Waals surface area contributed by atoms with Crippen LogP contribution < -0.4 is 10.6 Å². The SMILES string of the molecule is CCCCCCCCCCCCCCCCCCNC(=O)OCC(CN(C)C)OC(=O)NCCCCCCCCCCCCCCCCCC. The number of alkyl carbamates (subject to hydrolysis) is 2. The number of hydrogen-bond donors (Lipinski definition) is 2. The Hall–Kier alpha value is -1.50. The Morgan fingerprint density at radius 1 is 0.440 bits per heavy atom. The molecule has 0 aromatic heterocycles. The molecule has 0 rings (SSSR count). The average Bonchev–Trinajstić information content (AvgIpc) is 3.09. The molecule has 1 atom stereocenters. The second kappa shape index (κ2) is 40.3. The van der Waals surface area contributed by atoms with Crippen molar-refractivity contribution < 1.29 is 19.1 Å². The highest BCUT2D eigenvalue weighted by atomic mass is 16.6. The van der Waals surface area contributed by atoms with Gasteiger partial charge in [-0.3, -0.25) is 0 Å². The Morgan fingerprint density at radius 3 is 1.02 bits per heavy atom. The van der Waals surface area contributed by atoms with E-state index in [0.717, 1.165) is 25.7 Å². The van der Waals surface area contributed by atoms with Gasteiger partial charge in [0.05, 0.1) is 0 Å². The fraction of sp³-hybridized carbons (Fsp3) is 0.953. The van der Waals surface area contributed by atoms with Gasteiger partial charge < -0.3 is 25.0 Å². The molecule has 0 radical (unpaired) electrons. The molecule has 0 spiro atoms. The van der Waals surface area contributed by atoms with Gasteiger partial charge in [-0.25, -0.2) is 9.59 Å². The Labute approximate surface area is 311 Å². The summed E-state index contributed by atoms with van der Waals surface area (Å²) >= 11 is 0. The summed E-state index contributed by atoms with van der Waals surface area (Å²) in [5.74, 6) is 0. The fourth-order valence-electron chi connectivity index (χ4n) is 6.67. The monoisotopic (exact) mass is 710 g/mol. The first kappa shape index (κ1) is 48.5. The Morgan fingerprint density at radius 2 is 0.720 bits per heavy atom. The molecular weight excluding hydrogens is 622 g/mol. The number of carbonyl (C=O) groups excluding carboxylic acids is 2. The predicted octanol–water partition coefficient (Wildman–Crippen LogP) is 12.9. The van der Waals surface area contributed by atoms with Crippen LogP contribution >= 0.6 is 0 Å². The molecular formula is C43H87N3O4. The van der Waals surface area contributed by atoms with E-state index < -0.39 is 18.3 Å². The van der Waals surface area contributed by atoms with Crippen LogP contribution in [0.2, 0.25) is 0 Å². The Bertz CT molecular complexity index is 706. The van der Waals surface area contributed by atoms with Crippen molar-refractivity contribution in [3.05, 3.63) is 0 Å². The molecule has 2 amide bonds. The topological polar surface area (TPSA) is 79.9 Å². The molecule has 7 nitrogen and oxygen atoms in total. The molecule has 0 saturated heterocycles. The zero-order valence-corrected chi connectivity index (χ0v) is 34.1. The smallest absolute Gasteiger partial charge is 0.407 e. The van der Waals surface area contributed by atoms with Gasteiger partial charge in [0, 0.05) is 19.6 Å². The van der Waals surface area contributed by atoms with E-state index in [1.165, 1.54) is 180 Å². The van der Waals surface area contributed by atoms with Gasteiger partial charge in [0.2, 0.25) is 0 Å². The maximum Gasteiger partial charge on any atom is 0.407 e. The van der Waals surface area contributed by atoms with Crippen LogP contribution in [0, 0.1) is 0 Å². The molecule has 0 aliphatic heterocycles. The van der Waals surface area contributed by atoms with Crippen molar-refractivity contribution in [2.75, 3.05) is 40.3 Å². The number of unbranched alkanes of at least 4 members (excludes halogenated alkanes) is 30. The molecule has 0 aromatic carbocycles. The van der Waals surface area contributed by atoms with Crippen LogP contribution in [0.1, 0.15) is 219 Å². The number of rotatable bonds is 39. The van der Waals surface area contributed by atoms with Gasteiger partial charge in [0.25, 0.3) is 0 Å². The number of likely N-dealkylation sites (N-methyl/N-ethyl adjacent to an activating group) is 1. The molecule has 0 aliphatic rings. The summed E-state index contributed by atoms with van der Waals surface area (Å²) < 4.78 is 11.0. The van der Waals surface area contributed by atoms with Gasteiger partial charge in [-0.15, -0.1) is 0 Å². The van der Waals surface area contributed by atoms with Crippen molar-refractivity contribution in [2.24, 2.45) is 0 Å². The number of hydrogen-bond acceptors (Lipinski definition) is 5. The summed E-state index contributed by atoms with van der Waals surface area (Å²) in [5, 5.41) is 5.72. The molecule has 2 N–H and O–H groups in total. The highest BCUT2D eigenvalue weighted by molar-refractivity contribution is 5.68. The molecule has 50 heavy (non-hydrogen) atoms. The molecule has 1 unspecified atom stereocenters. The summed E-state index contributed by atoms with van der Waals surface area (Å²) in [4.78, 5) is 26.5. The maximum absolute atomic E-state index is 12.4. The number of ether oxygens (including phenoxy) is 2. The van der Waals surface area contributed by atoms with E-state index in [0.29, 0.717) is 19.6 Å². The first-order valence-corrected chi connectivity index (χ1v) is 22.0. The summed E-state index contributed by atoms with van der Waals surface area (Å²) in [6.07, 6.45) is 41.2.